The second-order valence-corrected chi connectivity index (χ2v) is 5.70. The van der Waals surface area contributed by atoms with Crippen LogP contribution in [0.4, 0.5) is 0 Å². The van der Waals surface area contributed by atoms with E-state index in [1.165, 1.54) is 11.3 Å². The Kier molecular flexibility index (Phi) is 6.06. The average Bonchev–Trinajstić information content (AvgIpc) is 3.10. The Hall–Kier alpha value is -1.35. The number of nitrogens with one attached hydrogen (secondary N) is 1. The van der Waals surface area contributed by atoms with Crippen molar-refractivity contribution in [3.8, 4) is 11.8 Å². The van der Waals surface area contributed by atoms with Crippen LogP contribution in [-0.2, 0) is 4.74 Å². The van der Waals surface area contributed by atoms with Crippen LogP contribution in [0, 0.1) is 11.8 Å². The Labute approximate surface area is 123 Å². The highest BCUT2D eigenvalue weighted by molar-refractivity contribution is 7.14. The van der Waals surface area contributed by atoms with E-state index in [1.54, 1.807) is 6.07 Å². The SMILES string of the molecule is O=C(NCCC1CCCO1)c1ccc(C#CCCO)s1. The van der Waals surface area contributed by atoms with Crippen molar-refractivity contribution in [1.29, 1.82) is 0 Å². The van der Waals surface area contributed by atoms with E-state index in [4.69, 9.17) is 9.84 Å². The quantitative estimate of drug-likeness (QED) is 0.814. The van der Waals surface area contributed by atoms with Crippen molar-refractivity contribution in [3.63, 3.8) is 0 Å². The lowest BCUT2D eigenvalue weighted by Gasteiger charge is -2.09. The van der Waals surface area contributed by atoms with E-state index in [1.807, 2.05) is 6.07 Å². The van der Waals surface area contributed by atoms with Gasteiger partial charge in [0.05, 0.1) is 22.5 Å². The first kappa shape index (κ1) is 15.0. The molecule has 1 aliphatic rings. The van der Waals surface area contributed by atoms with E-state index in [2.05, 4.69) is 17.2 Å². The molecule has 1 unspecified atom stereocenters. The van der Waals surface area contributed by atoms with Gasteiger partial charge < -0.3 is 15.2 Å². The van der Waals surface area contributed by atoms with Crippen LogP contribution in [-0.4, -0.2) is 36.9 Å². The molecule has 0 aliphatic carbocycles. The summed E-state index contributed by atoms with van der Waals surface area (Å²) in [6.07, 6.45) is 3.86. The fourth-order valence-corrected chi connectivity index (χ4v) is 2.84. The molecule has 0 bridgehead atoms. The molecule has 1 aliphatic heterocycles. The first-order chi connectivity index (χ1) is 9.79. The van der Waals surface area contributed by atoms with Gasteiger partial charge in [0.15, 0.2) is 0 Å². The monoisotopic (exact) mass is 293 g/mol. The normalized spacial score (nSPS) is 17.6. The first-order valence-corrected chi connectivity index (χ1v) is 7.70. The molecule has 5 heteroatoms. The van der Waals surface area contributed by atoms with Gasteiger partial charge in [0, 0.05) is 19.6 Å². The molecule has 1 aromatic rings. The number of hydrogen-bond donors (Lipinski definition) is 2. The number of thiophene rings is 1. The van der Waals surface area contributed by atoms with Crippen LogP contribution in [0.3, 0.4) is 0 Å². The summed E-state index contributed by atoms with van der Waals surface area (Å²) < 4.78 is 5.51. The molecule has 2 heterocycles. The van der Waals surface area contributed by atoms with Gasteiger partial charge in [-0.15, -0.1) is 11.3 Å². The highest BCUT2D eigenvalue weighted by Crippen LogP contribution is 2.16. The predicted molar refractivity (Wildman–Crippen MR) is 78.8 cm³/mol. The lowest BCUT2D eigenvalue weighted by molar-refractivity contribution is 0.0910. The van der Waals surface area contributed by atoms with Gasteiger partial charge >= 0.3 is 0 Å². The van der Waals surface area contributed by atoms with Gasteiger partial charge in [-0.05, 0) is 31.4 Å². The fourth-order valence-electron chi connectivity index (χ4n) is 2.04. The summed E-state index contributed by atoms with van der Waals surface area (Å²) in [5, 5.41) is 11.6. The lowest BCUT2D eigenvalue weighted by Crippen LogP contribution is -2.26. The second kappa shape index (κ2) is 8.05. The summed E-state index contributed by atoms with van der Waals surface area (Å²) in [5.74, 6) is 5.72. The third-order valence-electron chi connectivity index (χ3n) is 3.05. The zero-order valence-corrected chi connectivity index (χ0v) is 12.2. The molecule has 0 aromatic carbocycles. The number of carbonyl (C=O) groups excluding carboxylic acids is 1. The van der Waals surface area contributed by atoms with E-state index in [0.29, 0.717) is 23.9 Å². The molecule has 0 spiro atoms. The molecule has 0 radical (unpaired) electrons. The van der Waals surface area contributed by atoms with Crippen LogP contribution >= 0.6 is 11.3 Å². The molecule has 1 saturated heterocycles. The smallest absolute Gasteiger partial charge is 0.261 e. The van der Waals surface area contributed by atoms with Gasteiger partial charge in [-0.3, -0.25) is 4.79 Å². The second-order valence-electron chi connectivity index (χ2n) is 4.62. The maximum absolute atomic E-state index is 11.9. The molecular weight excluding hydrogens is 274 g/mol. The minimum absolute atomic E-state index is 0.0526. The van der Waals surface area contributed by atoms with Gasteiger partial charge in [-0.2, -0.15) is 0 Å². The van der Waals surface area contributed by atoms with Crippen molar-refractivity contribution in [2.24, 2.45) is 0 Å². The topological polar surface area (TPSA) is 58.6 Å². The van der Waals surface area contributed by atoms with Crippen molar-refractivity contribution in [2.75, 3.05) is 19.8 Å². The highest BCUT2D eigenvalue weighted by atomic mass is 32.1. The highest BCUT2D eigenvalue weighted by Gasteiger charge is 2.15. The summed E-state index contributed by atoms with van der Waals surface area (Å²) in [5.41, 5.74) is 0. The third kappa shape index (κ3) is 4.64. The van der Waals surface area contributed by atoms with Crippen molar-refractivity contribution in [3.05, 3.63) is 21.9 Å². The fraction of sp³-hybridized carbons (Fsp3) is 0.533. The minimum atomic E-state index is -0.0526. The van der Waals surface area contributed by atoms with Crippen LogP contribution in [0.15, 0.2) is 12.1 Å². The van der Waals surface area contributed by atoms with E-state index in [-0.39, 0.29) is 12.5 Å². The Morgan fingerprint density at radius 3 is 3.20 bits per heavy atom. The van der Waals surface area contributed by atoms with Gasteiger partial charge in [-0.1, -0.05) is 11.8 Å². The molecular formula is C15H19NO3S. The number of carbonyl (C=O) groups is 1. The molecule has 20 heavy (non-hydrogen) atoms. The Morgan fingerprint density at radius 2 is 2.45 bits per heavy atom. The van der Waals surface area contributed by atoms with E-state index in [0.717, 1.165) is 30.7 Å². The van der Waals surface area contributed by atoms with Crippen LogP contribution in [0.1, 0.15) is 40.2 Å². The lowest BCUT2D eigenvalue weighted by atomic mass is 10.2. The van der Waals surface area contributed by atoms with Crippen molar-refractivity contribution >= 4 is 17.2 Å². The van der Waals surface area contributed by atoms with Crippen LogP contribution in [0.5, 0.6) is 0 Å². The van der Waals surface area contributed by atoms with Gasteiger partial charge in [0.25, 0.3) is 5.91 Å². The Bertz CT molecular complexity index is 495. The summed E-state index contributed by atoms with van der Waals surface area (Å²) in [6.45, 7) is 1.56. The number of amides is 1. The largest absolute Gasteiger partial charge is 0.395 e. The molecule has 2 rings (SSSR count). The third-order valence-corrected chi connectivity index (χ3v) is 4.05. The van der Waals surface area contributed by atoms with Crippen molar-refractivity contribution < 1.29 is 14.6 Å². The maximum Gasteiger partial charge on any atom is 0.261 e. The molecule has 108 valence electrons. The maximum atomic E-state index is 11.9. The zero-order valence-electron chi connectivity index (χ0n) is 11.4. The average molecular weight is 293 g/mol. The number of hydrogen-bond acceptors (Lipinski definition) is 4. The molecule has 1 atom stereocenters. The number of rotatable bonds is 5. The molecule has 0 saturated carbocycles. The summed E-state index contributed by atoms with van der Waals surface area (Å²) >= 11 is 1.38. The standard InChI is InChI=1S/C15H19NO3S/c17-10-2-1-5-13-6-7-14(20-13)15(18)16-9-8-12-4-3-11-19-12/h6-7,12,17H,2-4,8-11H2,(H,16,18). The van der Waals surface area contributed by atoms with Crippen LogP contribution in [0.2, 0.25) is 0 Å². The first-order valence-electron chi connectivity index (χ1n) is 6.89. The van der Waals surface area contributed by atoms with Gasteiger partial charge in [-0.25, -0.2) is 0 Å². The summed E-state index contributed by atoms with van der Waals surface area (Å²) in [7, 11) is 0. The van der Waals surface area contributed by atoms with Crippen molar-refractivity contribution in [1.82, 2.24) is 5.32 Å². The number of aliphatic hydroxyl groups excluding tert-OH is 1. The Balaban J connectivity index is 1.76. The Morgan fingerprint density at radius 1 is 1.55 bits per heavy atom. The van der Waals surface area contributed by atoms with E-state index < -0.39 is 0 Å². The van der Waals surface area contributed by atoms with Gasteiger partial charge in [0.1, 0.15) is 0 Å². The summed E-state index contributed by atoms with van der Waals surface area (Å²) in [6, 6.07) is 3.62. The van der Waals surface area contributed by atoms with Crippen molar-refractivity contribution in [2.45, 2.75) is 31.8 Å². The molecule has 1 amide bonds. The van der Waals surface area contributed by atoms with E-state index in [9.17, 15) is 4.79 Å². The summed E-state index contributed by atoms with van der Waals surface area (Å²) in [4.78, 5) is 13.5. The number of aliphatic hydroxyl groups is 1. The zero-order chi connectivity index (χ0) is 14.2. The minimum Gasteiger partial charge on any atom is -0.395 e. The van der Waals surface area contributed by atoms with Crippen LogP contribution in [0.25, 0.3) is 0 Å². The molecule has 4 nitrogen and oxygen atoms in total. The number of ether oxygens (including phenoxy) is 1. The molecule has 1 fully saturated rings. The predicted octanol–water partition coefficient (Wildman–Crippen LogP) is 1.78. The molecule has 1 aromatic heterocycles. The van der Waals surface area contributed by atoms with E-state index >= 15 is 0 Å². The molecule has 2 N–H and O–H groups in total. The van der Waals surface area contributed by atoms with Gasteiger partial charge in [0.2, 0.25) is 0 Å². The van der Waals surface area contributed by atoms with Crippen LogP contribution < -0.4 is 5.32 Å².